The summed E-state index contributed by atoms with van der Waals surface area (Å²) in [7, 11) is 0. The first-order valence-corrected chi connectivity index (χ1v) is 4.49. The van der Waals surface area contributed by atoms with Gasteiger partial charge in [0.05, 0.1) is 24.6 Å². The van der Waals surface area contributed by atoms with Gasteiger partial charge in [-0.1, -0.05) is 0 Å². The van der Waals surface area contributed by atoms with Crippen LogP contribution >= 0.6 is 0 Å². The fraction of sp³-hybridized carbons (Fsp3) is 0.833. The molecule has 0 aliphatic heterocycles. The van der Waals surface area contributed by atoms with E-state index >= 15 is 0 Å². The maximum atomic E-state index is 10.2. The molecule has 5 nitrogen and oxygen atoms in total. The third-order valence-corrected chi connectivity index (χ3v) is 1.38. The van der Waals surface area contributed by atoms with Crippen molar-refractivity contribution in [3.63, 3.8) is 0 Å². The molecule has 0 aliphatic rings. The van der Waals surface area contributed by atoms with Crippen LogP contribution in [-0.4, -0.2) is 27.9 Å². The number of carbonyl (C=O) groups excluding carboxylic acids is 1. The highest BCUT2D eigenvalue weighted by molar-refractivity contribution is 7.74. The van der Waals surface area contributed by atoms with E-state index in [4.69, 9.17) is 0 Å². The molecule has 72 valence electrons. The van der Waals surface area contributed by atoms with Crippen molar-refractivity contribution < 1.29 is 22.5 Å². The predicted octanol–water partition coefficient (Wildman–Crippen LogP) is 0.140. The minimum absolute atomic E-state index is 0.136. The van der Waals surface area contributed by atoms with Crippen LogP contribution in [0.15, 0.2) is 0 Å². The molecular weight excluding hydrogens is 184 g/mol. The molecule has 0 heterocycles. The predicted molar refractivity (Wildman–Crippen MR) is 40.7 cm³/mol. The summed E-state index contributed by atoms with van der Waals surface area (Å²) in [6.45, 7) is 1.77. The molecule has 0 fully saturated rings. The second-order valence-electron chi connectivity index (χ2n) is 2.07. The summed E-state index contributed by atoms with van der Waals surface area (Å²) in [6.07, 6.45) is 1.16. The van der Waals surface area contributed by atoms with Crippen molar-refractivity contribution in [2.24, 2.45) is 0 Å². The Hall–Kier alpha value is -0.460. The third-order valence-electron chi connectivity index (χ3n) is 1.02. The molecular formula is C6H11O5S-. The highest BCUT2D eigenvalue weighted by Gasteiger charge is 1.92. The quantitative estimate of drug-likeness (QED) is 0.342. The Morgan fingerprint density at radius 2 is 2.00 bits per heavy atom. The van der Waals surface area contributed by atoms with E-state index in [1.165, 1.54) is 6.92 Å². The van der Waals surface area contributed by atoms with Crippen molar-refractivity contribution in [2.75, 3.05) is 13.2 Å². The lowest BCUT2D eigenvalue weighted by molar-refractivity contribution is -0.141. The van der Waals surface area contributed by atoms with Crippen LogP contribution in [-0.2, 0) is 25.1 Å². The van der Waals surface area contributed by atoms with Crippen molar-refractivity contribution in [1.29, 1.82) is 0 Å². The topological polar surface area (TPSA) is 75.7 Å². The fourth-order valence-electron chi connectivity index (χ4n) is 0.547. The van der Waals surface area contributed by atoms with E-state index in [2.05, 4.69) is 8.92 Å². The van der Waals surface area contributed by atoms with Crippen LogP contribution in [0.2, 0.25) is 0 Å². The molecule has 0 aliphatic carbocycles. The molecule has 1 atom stereocenters. The van der Waals surface area contributed by atoms with Crippen LogP contribution in [0, 0.1) is 0 Å². The van der Waals surface area contributed by atoms with Gasteiger partial charge in [0.25, 0.3) is 0 Å². The minimum atomic E-state index is -2.44. The highest BCUT2D eigenvalue weighted by Crippen LogP contribution is 1.92. The Morgan fingerprint density at radius 3 is 2.50 bits per heavy atom. The van der Waals surface area contributed by atoms with Gasteiger partial charge in [-0.3, -0.25) is 4.79 Å². The molecule has 0 saturated heterocycles. The lowest BCUT2D eigenvalue weighted by Crippen LogP contribution is -2.03. The van der Waals surface area contributed by atoms with Crippen molar-refractivity contribution in [3.05, 3.63) is 0 Å². The molecule has 0 bridgehead atoms. The van der Waals surface area contributed by atoms with Gasteiger partial charge in [-0.2, -0.15) is 0 Å². The molecule has 0 saturated carbocycles. The van der Waals surface area contributed by atoms with Gasteiger partial charge in [0.15, 0.2) is 0 Å². The van der Waals surface area contributed by atoms with E-state index in [0.717, 1.165) is 0 Å². The maximum Gasteiger partial charge on any atom is 0.302 e. The Labute approximate surface area is 73.5 Å². The van der Waals surface area contributed by atoms with E-state index < -0.39 is 11.4 Å². The van der Waals surface area contributed by atoms with Gasteiger partial charge in [-0.25, -0.2) is 4.21 Å². The summed E-state index contributed by atoms with van der Waals surface area (Å²) < 4.78 is 28.5. The summed E-state index contributed by atoms with van der Waals surface area (Å²) in [5.41, 5.74) is 0. The van der Waals surface area contributed by atoms with Crippen molar-refractivity contribution in [2.45, 2.75) is 19.8 Å². The summed E-state index contributed by atoms with van der Waals surface area (Å²) >= 11 is -2.44. The van der Waals surface area contributed by atoms with E-state index in [0.29, 0.717) is 19.4 Å². The Bertz CT molecular complexity index is 140. The zero-order valence-electron chi connectivity index (χ0n) is 6.78. The zero-order valence-corrected chi connectivity index (χ0v) is 7.59. The summed E-state index contributed by atoms with van der Waals surface area (Å²) in [4.78, 5) is 10.2. The van der Waals surface area contributed by atoms with Crippen LogP contribution in [0.4, 0.5) is 0 Å². The number of hydrogen-bond donors (Lipinski definition) is 0. The Kier molecular flexibility index (Phi) is 6.93. The third kappa shape index (κ3) is 9.54. The molecule has 0 radical (unpaired) electrons. The normalized spacial score (nSPS) is 12.5. The average Bonchev–Trinajstić information content (AvgIpc) is 1.95. The molecule has 0 aromatic heterocycles. The van der Waals surface area contributed by atoms with Gasteiger partial charge in [-0.15, -0.1) is 0 Å². The number of carbonyl (C=O) groups is 1. The molecule has 0 spiro atoms. The minimum Gasteiger partial charge on any atom is -0.750 e. The molecule has 12 heavy (non-hydrogen) atoms. The number of hydrogen-bond acceptors (Lipinski definition) is 5. The van der Waals surface area contributed by atoms with Crippen LogP contribution < -0.4 is 0 Å². The average molecular weight is 195 g/mol. The lowest BCUT2D eigenvalue weighted by atomic mass is 10.3. The van der Waals surface area contributed by atoms with Gasteiger partial charge in [-0.05, 0) is 12.8 Å². The van der Waals surface area contributed by atoms with Crippen molar-refractivity contribution >= 4 is 17.3 Å². The van der Waals surface area contributed by atoms with E-state index in [1.54, 1.807) is 0 Å². The molecule has 0 N–H and O–H groups in total. The zero-order chi connectivity index (χ0) is 9.40. The lowest BCUT2D eigenvalue weighted by Gasteiger charge is -2.05. The summed E-state index contributed by atoms with van der Waals surface area (Å²) in [5.74, 6) is -0.330. The van der Waals surface area contributed by atoms with Gasteiger partial charge in [0.2, 0.25) is 0 Å². The van der Waals surface area contributed by atoms with Crippen LogP contribution in [0.1, 0.15) is 19.8 Å². The van der Waals surface area contributed by atoms with E-state index in [-0.39, 0.29) is 12.6 Å². The van der Waals surface area contributed by atoms with Crippen molar-refractivity contribution in [1.82, 2.24) is 0 Å². The first-order valence-electron chi connectivity index (χ1n) is 3.49. The molecule has 0 aromatic carbocycles. The molecule has 6 heteroatoms. The van der Waals surface area contributed by atoms with Crippen molar-refractivity contribution in [3.8, 4) is 0 Å². The van der Waals surface area contributed by atoms with E-state index in [1.807, 2.05) is 0 Å². The SMILES string of the molecule is CC(=O)OCCCCOS(=O)[O-]. The molecule has 0 amide bonds. The smallest absolute Gasteiger partial charge is 0.302 e. The van der Waals surface area contributed by atoms with Crippen LogP contribution in [0.25, 0.3) is 0 Å². The molecule has 0 rings (SSSR count). The highest BCUT2D eigenvalue weighted by atomic mass is 32.2. The first-order chi connectivity index (χ1) is 5.63. The van der Waals surface area contributed by atoms with Crippen LogP contribution in [0.5, 0.6) is 0 Å². The fourth-order valence-corrected chi connectivity index (χ4v) is 0.801. The van der Waals surface area contributed by atoms with Gasteiger partial charge >= 0.3 is 5.97 Å². The summed E-state index contributed by atoms with van der Waals surface area (Å²) in [6, 6.07) is 0. The molecule has 1 unspecified atom stereocenters. The second-order valence-corrected chi connectivity index (χ2v) is 2.72. The number of esters is 1. The standard InChI is InChI=1S/C6H12O5S/c1-6(7)10-4-2-3-5-11-12(8)9/h2-5H2,1H3,(H,8,9)/p-1. The van der Waals surface area contributed by atoms with E-state index in [9.17, 15) is 13.6 Å². The Balaban J connectivity index is 3.01. The largest absolute Gasteiger partial charge is 0.750 e. The second kappa shape index (κ2) is 7.20. The summed E-state index contributed by atoms with van der Waals surface area (Å²) in [5, 5.41) is 0. The number of rotatable bonds is 6. The van der Waals surface area contributed by atoms with Gasteiger partial charge in [0, 0.05) is 6.92 Å². The number of unbranched alkanes of at least 4 members (excludes halogenated alkanes) is 1. The monoisotopic (exact) mass is 195 g/mol. The maximum absolute atomic E-state index is 10.2. The Morgan fingerprint density at radius 1 is 1.42 bits per heavy atom. The number of ether oxygens (including phenoxy) is 1. The molecule has 0 aromatic rings. The first kappa shape index (κ1) is 11.5. The van der Waals surface area contributed by atoms with Crippen LogP contribution in [0.3, 0.4) is 0 Å². The van der Waals surface area contributed by atoms with Gasteiger partial charge < -0.3 is 13.5 Å². The van der Waals surface area contributed by atoms with Gasteiger partial charge in [0.1, 0.15) is 0 Å².